The van der Waals surface area contributed by atoms with Crippen molar-refractivity contribution in [1.29, 1.82) is 0 Å². The second kappa shape index (κ2) is 13.3. The van der Waals surface area contributed by atoms with Crippen molar-refractivity contribution < 1.29 is 35.9 Å². The van der Waals surface area contributed by atoms with Gasteiger partial charge in [-0.25, -0.2) is 26.4 Å². The number of rotatable bonds is 8. The summed E-state index contributed by atoms with van der Waals surface area (Å²) in [5.41, 5.74) is 2.59. The molecule has 1 aliphatic carbocycles. The van der Waals surface area contributed by atoms with E-state index in [4.69, 9.17) is 4.74 Å². The highest BCUT2D eigenvalue weighted by Gasteiger charge is 2.46. The van der Waals surface area contributed by atoms with Crippen LogP contribution in [0.25, 0.3) is 0 Å². The number of urea groups is 1. The molecule has 0 unspecified atom stereocenters. The number of nitrogens with one attached hydrogen (secondary N) is 2. The summed E-state index contributed by atoms with van der Waals surface area (Å²) in [5, 5.41) is 5.70. The zero-order valence-electron chi connectivity index (χ0n) is 28.3. The van der Waals surface area contributed by atoms with Crippen molar-refractivity contribution in [2.45, 2.75) is 62.6 Å². The Kier molecular flexibility index (Phi) is 9.40. The SMILES string of the molecule is C=CC(=O)N1CC(C)(C)Oc2cc(N3CCC4(CC3)C[C@@H](NC(=O)N[C@H](Cc3ccc(F)c(F)c3)CS(C)(=O)=O)c3ccc(F)cc34)ccc21. The first-order chi connectivity index (χ1) is 23.5. The van der Waals surface area contributed by atoms with E-state index in [-0.39, 0.29) is 18.1 Å². The van der Waals surface area contributed by atoms with E-state index in [1.165, 1.54) is 18.2 Å². The van der Waals surface area contributed by atoms with Crippen LogP contribution in [0.2, 0.25) is 0 Å². The van der Waals surface area contributed by atoms with E-state index in [9.17, 15) is 31.2 Å². The molecule has 50 heavy (non-hydrogen) atoms. The maximum Gasteiger partial charge on any atom is 0.315 e. The first-order valence-electron chi connectivity index (χ1n) is 16.6. The number of carbonyl (C=O) groups is 2. The van der Waals surface area contributed by atoms with Crippen molar-refractivity contribution in [3.05, 3.63) is 101 Å². The van der Waals surface area contributed by atoms with Gasteiger partial charge in [0.05, 0.1) is 24.0 Å². The fourth-order valence-electron chi connectivity index (χ4n) is 7.66. The van der Waals surface area contributed by atoms with E-state index in [0.29, 0.717) is 55.9 Å². The van der Waals surface area contributed by atoms with Crippen molar-refractivity contribution in [3.63, 3.8) is 0 Å². The lowest BCUT2D eigenvalue weighted by Crippen LogP contribution is -2.49. The fraction of sp³-hybridized carbons (Fsp3) is 0.405. The third-order valence-electron chi connectivity index (χ3n) is 9.85. The van der Waals surface area contributed by atoms with E-state index >= 15 is 0 Å². The molecule has 1 fully saturated rings. The van der Waals surface area contributed by atoms with Gasteiger partial charge in [0.2, 0.25) is 0 Å². The maximum absolute atomic E-state index is 14.7. The minimum absolute atomic E-state index is 0.0300. The molecule has 1 spiro atoms. The smallest absolute Gasteiger partial charge is 0.315 e. The monoisotopic (exact) mass is 710 g/mol. The first kappa shape index (κ1) is 35.3. The standard InChI is InChI=1S/C37H41F3N4O5S/c1-5-34(45)44-22-36(2,3)49-33-19-26(8-11-32(33)44)43-14-12-37(13-15-43)20-31(27-9-7-24(38)18-28(27)37)42-35(46)41-25(21-50(4,47)48)16-23-6-10-29(39)30(40)17-23/h5-11,17-19,25,31H,1,12-16,20-22H2,2-4H3,(H2,41,42,46)/t25-,31-/m1/s1. The average molecular weight is 711 g/mol. The highest BCUT2D eigenvalue weighted by Crippen LogP contribution is 2.52. The minimum Gasteiger partial charge on any atom is -0.484 e. The van der Waals surface area contributed by atoms with Gasteiger partial charge in [-0.1, -0.05) is 18.7 Å². The Bertz CT molecular complexity index is 1940. The number of sulfone groups is 1. The second-order valence-corrected chi connectivity index (χ2v) is 16.4. The Morgan fingerprint density at radius 1 is 1.04 bits per heavy atom. The van der Waals surface area contributed by atoms with Gasteiger partial charge in [-0.2, -0.15) is 0 Å². The van der Waals surface area contributed by atoms with E-state index in [2.05, 4.69) is 22.1 Å². The molecule has 0 radical (unpaired) electrons. The molecule has 0 saturated carbocycles. The summed E-state index contributed by atoms with van der Waals surface area (Å²) in [6.45, 7) is 9.19. The normalized spacial score (nSPS) is 19.6. The molecule has 2 N–H and O–H groups in total. The lowest BCUT2D eigenvalue weighted by Gasteiger charge is -2.43. The summed E-state index contributed by atoms with van der Waals surface area (Å²) in [5.74, 6) is -2.45. The van der Waals surface area contributed by atoms with Crippen molar-refractivity contribution in [2.75, 3.05) is 41.4 Å². The third-order valence-corrected chi connectivity index (χ3v) is 10.9. The highest BCUT2D eigenvalue weighted by molar-refractivity contribution is 7.90. The largest absolute Gasteiger partial charge is 0.484 e. The van der Waals surface area contributed by atoms with Gasteiger partial charge in [-0.15, -0.1) is 0 Å². The Balaban J connectivity index is 1.17. The number of anilines is 2. The van der Waals surface area contributed by atoms with Crippen LogP contribution in [-0.2, 0) is 26.5 Å². The van der Waals surface area contributed by atoms with E-state index < -0.39 is 56.4 Å². The van der Waals surface area contributed by atoms with E-state index in [0.717, 1.165) is 35.2 Å². The molecule has 3 aliphatic rings. The number of carbonyl (C=O) groups excluding carboxylic acids is 2. The van der Waals surface area contributed by atoms with Gasteiger partial charge in [0.25, 0.3) is 5.91 Å². The maximum atomic E-state index is 14.7. The molecule has 2 atom stereocenters. The van der Waals surface area contributed by atoms with Gasteiger partial charge in [-0.3, -0.25) is 4.79 Å². The zero-order chi connectivity index (χ0) is 36.0. The van der Waals surface area contributed by atoms with Crippen LogP contribution in [0.15, 0.2) is 67.3 Å². The number of hydrogen-bond donors (Lipinski definition) is 2. The Labute approximate surface area is 290 Å². The summed E-state index contributed by atoms with van der Waals surface area (Å²) in [6, 6.07) is 11.7. The van der Waals surface area contributed by atoms with Crippen LogP contribution in [-0.4, -0.2) is 63.6 Å². The number of amides is 3. The zero-order valence-corrected chi connectivity index (χ0v) is 29.1. The van der Waals surface area contributed by atoms with Crippen LogP contribution >= 0.6 is 0 Å². The van der Waals surface area contributed by atoms with Crippen LogP contribution in [0.1, 0.15) is 55.8 Å². The van der Waals surface area contributed by atoms with Crippen LogP contribution < -0.4 is 25.2 Å². The van der Waals surface area contributed by atoms with Gasteiger partial charge in [0, 0.05) is 42.6 Å². The van der Waals surface area contributed by atoms with Gasteiger partial charge in [-0.05, 0) is 98.7 Å². The Morgan fingerprint density at radius 3 is 2.46 bits per heavy atom. The fourth-order valence-corrected chi connectivity index (χ4v) is 8.59. The van der Waals surface area contributed by atoms with Gasteiger partial charge < -0.3 is 25.2 Å². The van der Waals surface area contributed by atoms with Crippen LogP contribution in [0, 0.1) is 17.5 Å². The van der Waals surface area contributed by atoms with Crippen LogP contribution in [0.4, 0.5) is 29.3 Å². The lowest BCUT2D eigenvalue weighted by molar-refractivity contribution is -0.115. The molecular formula is C37H41F3N4O5S. The molecule has 1 saturated heterocycles. The molecule has 266 valence electrons. The topological polar surface area (TPSA) is 108 Å². The van der Waals surface area contributed by atoms with Crippen molar-refractivity contribution in [3.8, 4) is 5.75 Å². The molecule has 6 rings (SSSR count). The minimum atomic E-state index is -3.54. The summed E-state index contributed by atoms with van der Waals surface area (Å²) < 4.78 is 72.7. The molecule has 0 bridgehead atoms. The molecule has 3 aromatic rings. The lowest BCUT2D eigenvalue weighted by atomic mass is 9.73. The second-order valence-electron chi connectivity index (χ2n) is 14.3. The van der Waals surface area contributed by atoms with Gasteiger partial charge in [0.15, 0.2) is 11.6 Å². The van der Waals surface area contributed by atoms with Crippen molar-refractivity contribution in [2.24, 2.45) is 0 Å². The summed E-state index contributed by atoms with van der Waals surface area (Å²) >= 11 is 0. The van der Waals surface area contributed by atoms with Gasteiger partial charge >= 0.3 is 6.03 Å². The summed E-state index contributed by atoms with van der Waals surface area (Å²) in [6.07, 6.45) is 4.19. The van der Waals surface area contributed by atoms with E-state index in [1.54, 1.807) is 17.0 Å². The number of ether oxygens (including phenoxy) is 1. The molecule has 9 nitrogen and oxygen atoms in total. The van der Waals surface area contributed by atoms with Crippen molar-refractivity contribution in [1.82, 2.24) is 10.6 Å². The first-order valence-corrected chi connectivity index (χ1v) is 18.6. The Morgan fingerprint density at radius 2 is 1.78 bits per heavy atom. The summed E-state index contributed by atoms with van der Waals surface area (Å²) in [7, 11) is -3.54. The molecule has 3 aromatic carbocycles. The Hall–Kier alpha value is -4.52. The number of hydrogen-bond acceptors (Lipinski definition) is 6. The van der Waals surface area contributed by atoms with E-state index in [1.807, 2.05) is 32.0 Å². The molecule has 2 aliphatic heterocycles. The molecule has 2 heterocycles. The highest BCUT2D eigenvalue weighted by atomic mass is 32.2. The number of nitrogens with zero attached hydrogens (tertiary/aromatic N) is 2. The number of piperidine rings is 1. The summed E-state index contributed by atoms with van der Waals surface area (Å²) in [4.78, 5) is 29.9. The number of benzene rings is 3. The van der Waals surface area contributed by atoms with Crippen LogP contribution in [0.5, 0.6) is 5.75 Å². The van der Waals surface area contributed by atoms with Crippen LogP contribution in [0.3, 0.4) is 0 Å². The number of fused-ring (bicyclic) bond motifs is 3. The molecule has 0 aromatic heterocycles. The predicted octanol–water partition coefficient (Wildman–Crippen LogP) is 5.73. The number of halogens is 3. The van der Waals surface area contributed by atoms with Crippen molar-refractivity contribution >= 4 is 33.2 Å². The quantitative estimate of drug-likeness (QED) is 0.289. The van der Waals surface area contributed by atoms with Gasteiger partial charge in [0.1, 0.15) is 27.0 Å². The molecular weight excluding hydrogens is 669 g/mol. The predicted molar refractivity (Wildman–Crippen MR) is 186 cm³/mol. The average Bonchev–Trinajstić information content (AvgIpc) is 3.31. The molecule has 13 heteroatoms. The molecule has 3 amide bonds. The third kappa shape index (κ3) is 7.47.